The normalized spacial score (nSPS) is 22.5. The first kappa shape index (κ1) is 36.7. The van der Waals surface area contributed by atoms with Gasteiger partial charge in [0.15, 0.2) is 19.3 Å². The van der Waals surface area contributed by atoms with E-state index in [4.69, 9.17) is 30.6 Å². The van der Waals surface area contributed by atoms with E-state index >= 15 is 0 Å². The molecule has 0 spiro atoms. The molecule has 0 bridgehead atoms. The molecule has 18 heteroatoms. The van der Waals surface area contributed by atoms with E-state index in [1.807, 2.05) is 0 Å². The van der Waals surface area contributed by atoms with Gasteiger partial charge in [-0.3, -0.25) is 13.9 Å². The number of allylic oxidation sites excluding steroid dienone is 1. The zero-order chi connectivity index (χ0) is 33.2. The minimum atomic E-state index is -4.78. The Morgan fingerprint density at radius 1 is 1.04 bits per heavy atom. The molecule has 3 rings (SSSR count). The SMILES string of the molecule is C[C@@H]1C/C=C/[C@H](O)C/C=C/C(=N/OCC(=O)N2CCCCC2)Cc2c(Cl)c(OCP(=O)(O)O)cc(OCP(=O)(O)O)c2C(=O)O1. The number of esters is 1. The molecule has 1 fully saturated rings. The Labute approximate surface area is 264 Å². The molecular formula is C27H37ClN2O13P2. The Morgan fingerprint density at radius 3 is 2.33 bits per heavy atom. The van der Waals surface area contributed by atoms with Crippen molar-refractivity contribution in [2.75, 3.05) is 32.4 Å². The van der Waals surface area contributed by atoms with Crippen LogP contribution in [0.2, 0.25) is 5.02 Å². The van der Waals surface area contributed by atoms with Crippen LogP contribution in [0.25, 0.3) is 0 Å². The molecule has 15 nitrogen and oxygen atoms in total. The Morgan fingerprint density at radius 2 is 1.69 bits per heavy atom. The summed E-state index contributed by atoms with van der Waals surface area (Å²) in [5.74, 6) is -2.10. The highest BCUT2D eigenvalue weighted by atomic mass is 35.5. The second kappa shape index (κ2) is 16.7. The molecule has 1 saturated heterocycles. The maximum Gasteiger partial charge on any atom is 0.362 e. The van der Waals surface area contributed by atoms with Gasteiger partial charge in [0.05, 0.1) is 16.8 Å². The van der Waals surface area contributed by atoms with Crippen molar-refractivity contribution in [2.24, 2.45) is 5.16 Å². The molecule has 250 valence electrons. The predicted molar refractivity (Wildman–Crippen MR) is 162 cm³/mol. The van der Waals surface area contributed by atoms with E-state index in [1.165, 1.54) is 12.2 Å². The Hall–Kier alpha value is -2.74. The van der Waals surface area contributed by atoms with Crippen molar-refractivity contribution in [3.05, 3.63) is 46.5 Å². The van der Waals surface area contributed by atoms with Crippen LogP contribution < -0.4 is 9.47 Å². The summed E-state index contributed by atoms with van der Waals surface area (Å²) in [6.07, 6.45) is 5.09. The van der Waals surface area contributed by atoms with Crippen molar-refractivity contribution in [3.63, 3.8) is 0 Å². The second-order valence-corrected chi connectivity index (χ2v) is 14.0. The molecule has 0 unspecified atom stereocenters. The maximum atomic E-state index is 13.5. The van der Waals surface area contributed by atoms with Crippen LogP contribution in [0, 0.1) is 0 Å². The number of oxime groups is 1. The lowest BCUT2D eigenvalue weighted by molar-refractivity contribution is -0.137. The number of cyclic esters (lactones) is 1. The average molecular weight is 695 g/mol. The lowest BCUT2D eigenvalue weighted by Crippen LogP contribution is -2.37. The highest BCUT2D eigenvalue weighted by Crippen LogP contribution is 2.43. The monoisotopic (exact) mass is 694 g/mol. The third-order valence-corrected chi connectivity index (χ3v) is 7.88. The molecule has 0 aliphatic carbocycles. The minimum absolute atomic E-state index is 0.0896. The number of aliphatic hydroxyl groups is 1. The number of carbonyl (C=O) groups is 2. The molecule has 0 aromatic heterocycles. The van der Waals surface area contributed by atoms with Crippen molar-refractivity contribution in [2.45, 2.75) is 57.7 Å². The van der Waals surface area contributed by atoms with Gasteiger partial charge in [-0.15, -0.1) is 0 Å². The Balaban J connectivity index is 2.11. The first-order chi connectivity index (χ1) is 21.1. The molecular weight excluding hydrogens is 658 g/mol. The summed E-state index contributed by atoms with van der Waals surface area (Å²) in [7, 11) is -9.49. The van der Waals surface area contributed by atoms with Gasteiger partial charge in [0.1, 0.15) is 23.2 Å². The van der Waals surface area contributed by atoms with E-state index in [9.17, 15) is 43.4 Å². The number of rotatable bonds is 9. The third-order valence-electron chi connectivity index (χ3n) is 6.53. The number of likely N-dealkylation sites (tertiary alicyclic amines) is 1. The quantitative estimate of drug-likeness (QED) is 0.109. The van der Waals surface area contributed by atoms with Crippen LogP contribution in [0.5, 0.6) is 11.5 Å². The molecule has 45 heavy (non-hydrogen) atoms. The van der Waals surface area contributed by atoms with Crippen molar-refractivity contribution in [3.8, 4) is 11.5 Å². The van der Waals surface area contributed by atoms with Crippen molar-refractivity contribution in [1.29, 1.82) is 0 Å². The van der Waals surface area contributed by atoms with E-state index in [1.54, 1.807) is 24.0 Å². The summed E-state index contributed by atoms with van der Waals surface area (Å²) in [4.78, 5) is 70.7. The van der Waals surface area contributed by atoms with Gasteiger partial charge >= 0.3 is 21.2 Å². The molecule has 1 aromatic rings. The first-order valence-electron chi connectivity index (χ1n) is 14.0. The lowest BCUT2D eigenvalue weighted by atomic mass is 9.99. The average Bonchev–Trinajstić information content (AvgIpc) is 2.95. The molecule has 2 heterocycles. The summed E-state index contributed by atoms with van der Waals surface area (Å²) in [6.45, 7) is 2.39. The van der Waals surface area contributed by atoms with Gasteiger partial charge in [-0.25, -0.2) is 4.79 Å². The third kappa shape index (κ3) is 12.5. The van der Waals surface area contributed by atoms with Crippen LogP contribution in [-0.4, -0.2) is 91.8 Å². The van der Waals surface area contributed by atoms with Crippen LogP contribution in [0.4, 0.5) is 0 Å². The summed E-state index contributed by atoms with van der Waals surface area (Å²) in [6, 6.07) is 0.970. The van der Waals surface area contributed by atoms with E-state index in [-0.39, 0.29) is 59.4 Å². The van der Waals surface area contributed by atoms with Gasteiger partial charge in [0.2, 0.25) is 0 Å². The summed E-state index contributed by atoms with van der Waals surface area (Å²) < 4.78 is 39.3. The van der Waals surface area contributed by atoms with Gasteiger partial charge in [0.25, 0.3) is 5.91 Å². The van der Waals surface area contributed by atoms with Crippen LogP contribution >= 0.6 is 26.8 Å². The van der Waals surface area contributed by atoms with Gasteiger partial charge in [-0.2, -0.15) is 0 Å². The number of ether oxygens (including phenoxy) is 3. The number of hydrogen-bond donors (Lipinski definition) is 5. The number of halogens is 1. The fourth-order valence-electron chi connectivity index (χ4n) is 4.42. The Bertz CT molecular complexity index is 1400. The molecule has 0 saturated carbocycles. The molecule has 2 aliphatic rings. The molecule has 1 amide bonds. The fourth-order valence-corrected chi connectivity index (χ4v) is 5.31. The number of hydrogen-bond acceptors (Lipinski definition) is 10. The van der Waals surface area contributed by atoms with Gasteiger partial charge in [-0.1, -0.05) is 35.0 Å². The maximum absolute atomic E-state index is 13.5. The smallest absolute Gasteiger partial charge is 0.362 e. The number of benzene rings is 1. The highest BCUT2D eigenvalue weighted by Gasteiger charge is 2.30. The lowest BCUT2D eigenvalue weighted by Gasteiger charge is -2.26. The highest BCUT2D eigenvalue weighted by molar-refractivity contribution is 7.51. The number of amides is 1. The van der Waals surface area contributed by atoms with Gasteiger partial charge in [0, 0.05) is 32.0 Å². The Kier molecular flexibility index (Phi) is 13.6. The van der Waals surface area contributed by atoms with Crippen LogP contribution in [0.1, 0.15) is 54.9 Å². The predicted octanol–water partition coefficient (Wildman–Crippen LogP) is 3.11. The minimum Gasteiger partial charge on any atom is -0.480 e. The van der Waals surface area contributed by atoms with E-state index in [0.29, 0.717) is 13.1 Å². The van der Waals surface area contributed by atoms with Crippen molar-refractivity contribution < 1.29 is 62.4 Å². The topological polar surface area (TPSA) is 222 Å². The molecule has 2 aliphatic heterocycles. The number of piperidine rings is 1. The van der Waals surface area contributed by atoms with Gasteiger partial charge < -0.3 is 48.6 Å². The zero-order valence-electron chi connectivity index (χ0n) is 24.5. The van der Waals surface area contributed by atoms with Crippen molar-refractivity contribution in [1.82, 2.24) is 4.90 Å². The zero-order valence-corrected chi connectivity index (χ0v) is 27.0. The standard InChI is InChI=1S/C27H37ClN2O13P2/c1-18-7-5-9-20(31)10-6-8-19(29-42-15-24(32)30-11-3-2-4-12-30)13-21-25(27(33)43-18)22(40-16-44(34,35)36)14-23(26(21)28)41-17-45(37,38)39/h5-6,8-9,14,18,20,31H,2-4,7,10-13,15-17H2,1H3,(H2,34,35,36)(H2,37,38,39)/b8-6+,9-5+,29-19-/t18-,20+/m1/s1. The fraction of sp³-hybridized carbons (Fsp3) is 0.519. The van der Waals surface area contributed by atoms with E-state index in [2.05, 4.69) is 5.16 Å². The number of nitrogens with zero attached hydrogens (tertiary/aromatic N) is 2. The number of fused-ring (bicyclic) bond motifs is 1. The van der Waals surface area contributed by atoms with Crippen LogP contribution in [0.15, 0.2) is 35.5 Å². The molecule has 1 aromatic carbocycles. The number of aliphatic hydroxyl groups excluding tert-OH is 1. The van der Waals surface area contributed by atoms with Gasteiger partial charge in [-0.05, 0) is 44.2 Å². The summed E-state index contributed by atoms with van der Waals surface area (Å²) in [5.41, 5.74) is -0.359. The van der Waals surface area contributed by atoms with Crippen LogP contribution in [0.3, 0.4) is 0 Å². The second-order valence-electron chi connectivity index (χ2n) is 10.5. The van der Waals surface area contributed by atoms with E-state index in [0.717, 1.165) is 25.3 Å². The number of carbonyl (C=O) groups excluding carboxylic acids is 2. The summed E-state index contributed by atoms with van der Waals surface area (Å²) in [5, 5.41) is 14.1. The first-order valence-corrected chi connectivity index (χ1v) is 18.0. The van der Waals surface area contributed by atoms with E-state index < -0.39 is 51.8 Å². The summed E-state index contributed by atoms with van der Waals surface area (Å²) >= 11 is 6.62. The van der Waals surface area contributed by atoms with Crippen molar-refractivity contribution >= 4 is 44.4 Å². The molecule has 2 atom stereocenters. The largest absolute Gasteiger partial charge is 0.480 e. The van der Waals surface area contributed by atoms with Crippen LogP contribution in [-0.2, 0) is 29.9 Å². The molecule has 5 N–H and O–H groups in total. The molecule has 0 radical (unpaired) electrons.